The third-order valence-corrected chi connectivity index (χ3v) is 6.28. The number of nitrogens with zero attached hydrogens (tertiary/aromatic N) is 3. The van der Waals surface area contributed by atoms with Gasteiger partial charge in [-0.3, -0.25) is 24.3 Å². The van der Waals surface area contributed by atoms with E-state index in [9.17, 15) is 14.4 Å². The van der Waals surface area contributed by atoms with Crippen molar-refractivity contribution in [2.24, 2.45) is 0 Å². The molecule has 8 nitrogen and oxygen atoms in total. The summed E-state index contributed by atoms with van der Waals surface area (Å²) in [6.07, 6.45) is 1.72. The number of hydrogen-bond acceptors (Lipinski definition) is 7. The van der Waals surface area contributed by atoms with Crippen molar-refractivity contribution in [1.82, 2.24) is 9.97 Å². The number of rotatable bonds is 6. The molecule has 5 rings (SSSR count). The predicted molar refractivity (Wildman–Crippen MR) is 134 cm³/mol. The van der Waals surface area contributed by atoms with Gasteiger partial charge in [-0.15, -0.1) is 11.3 Å². The number of anilines is 2. The normalized spacial score (nSPS) is 12.6. The molecular formula is C26H20N4O4S. The molecule has 0 atom stereocenters. The van der Waals surface area contributed by atoms with Crippen molar-refractivity contribution < 1.29 is 19.1 Å². The van der Waals surface area contributed by atoms with Crippen LogP contribution in [0.5, 0.6) is 5.75 Å². The Hall–Kier alpha value is -4.37. The molecule has 0 radical (unpaired) electrons. The minimum atomic E-state index is -0.301. The first-order chi connectivity index (χ1) is 17.0. The molecule has 4 aromatic rings. The molecule has 2 aromatic heterocycles. The SMILES string of the molecule is CC(=O)Nc1ccc(C(=O)CN2C(=O)COc3ccc(-c4csc(-c5ccccn5)n4)cc32)cc1. The molecule has 9 heteroatoms. The number of amides is 2. The average molecular weight is 485 g/mol. The molecule has 35 heavy (non-hydrogen) atoms. The molecule has 0 unspecified atom stereocenters. The van der Waals surface area contributed by atoms with Gasteiger partial charge < -0.3 is 10.1 Å². The lowest BCUT2D eigenvalue weighted by molar-refractivity contribution is -0.121. The minimum Gasteiger partial charge on any atom is -0.482 e. The van der Waals surface area contributed by atoms with Gasteiger partial charge in [-0.1, -0.05) is 6.07 Å². The summed E-state index contributed by atoms with van der Waals surface area (Å²) in [6, 6.07) is 17.7. The number of aromatic nitrogens is 2. The Balaban J connectivity index is 1.40. The van der Waals surface area contributed by atoms with E-state index in [1.807, 2.05) is 35.7 Å². The van der Waals surface area contributed by atoms with Crippen LogP contribution in [0.2, 0.25) is 0 Å². The van der Waals surface area contributed by atoms with Crippen molar-refractivity contribution in [3.63, 3.8) is 0 Å². The van der Waals surface area contributed by atoms with Gasteiger partial charge in [0.1, 0.15) is 10.8 Å². The number of nitrogens with one attached hydrogen (secondary N) is 1. The van der Waals surface area contributed by atoms with Crippen LogP contribution >= 0.6 is 11.3 Å². The van der Waals surface area contributed by atoms with E-state index in [-0.39, 0.29) is 30.7 Å². The van der Waals surface area contributed by atoms with Gasteiger partial charge in [0.25, 0.3) is 5.91 Å². The van der Waals surface area contributed by atoms with Gasteiger partial charge in [-0.25, -0.2) is 4.98 Å². The van der Waals surface area contributed by atoms with Crippen molar-refractivity contribution in [2.75, 3.05) is 23.4 Å². The summed E-state index contributed by atoms with van der Waals surface area (Å²) in [5, 5.41) is 5.39. The number of ketones is 1. The van der Waals surface area contributed by atoms with Crippen molar-refractivity contribution in [2.45, 2.75) is 6.92 Å². The highest BCUT2D eigenvalue weighted by Gasteiger charge is 2.28. The van der Waals surface area contributed by atoms with Crippen molar-refractivity contribution in [1.29, 1.82) is 0 Å². The molecule has 0 saturated carbocycles. The summed E-state index contributed by atoms with van der Waals surface area (Å²) in [5.41, 5.74) is 3.90. The third kappa shape index (κ3) is 4.80. The van der Waals surface area contributed by atoms with Crippen LogP contribution in [-0.2, 0) is 9.59 Å². The fourth-order valence-corrected chi connectivity index (χ4v) is 4.53. The Morgan fingerprint density at radius 3 is 2.66 bits per heavy atom. The summed E-state index contributed by atoms with van der Waals surface area (Å²) in [5.74, 6) is -0.188. The predicted octanol–water partition coefficient (Wildman–Crippen LogP) is 4.44. The van der Waals surface area contributed by atoms with E-state index in [1.165, 1.54) is 23.2 Å². The molecule has 2 aromatic carbocycles. The molecule has 0 aliphatic carbocycles. The second-order valence-electron chi connectivity index (χ2n) is 7.89. The van der Waals surface area contributed by atoms with Crippen LogP contribution in [0.1, 0.15) is 17.3 Å². The van der Waals surface area contributed by atoms with Crippen LogP contribution in [0.15, 0.2) is 72.2 Å². The molecule has 0 saturated heterocycles. The standard InChI is InChI=1S/C26H20N4O4S/c1-16(31)28-19-8-5-17(6-9-19)23(32)13-30-22-12-18(7-10-24(22)34-14-25(30)33)21-15-35-26(29-21)20-4-2-3-11-27-20/h2-12,15H,13-14H2,1H3,(H,28,31). The first-order valence-electron chi connectivity index (χ1n) is 10.8. The van der Waals surface area contributed by atoms with E-state index < -0.39 is 0 Å². The van der Waals surface area contributed by atoms with E-state index in [1.54, 1.807) is 36.5 Å². The van der Waals surface area contributed by atoms with Crippen molar-refractivity contribution in [3.05, 3.63) is 77.8 Å². The summed E-state index contributed by atoms with van der Waals surface area (Å²) >= 11 is 1.48. The number of Topliss-reactive ketones (excluding diaryl/α,β-unsaturated/α-hetero) is 1. The maximum absolute atomic E-state index is 13.0. The van der Waals surface area contributed by atoms with Gasteiger partial charge in [0.05, 0.1) is 23.6 Å². The summed E-state index contributed by atoms with van der Waals surface area (Å²) in [4.78, 5) is 47.4. The maximum Gasteiger partial charge on any atom is 0.265 e. The number of fused-ring (bicyclic) bond motifs is 1. The lowest BCUT2D eigenvalue weighted by Gasteiger charge is -2.29. The molecule has 3 heterocycles. The molecule has 0 spiro atoms. The van der Waals surface area contributed by atoms with Gasteiger partial charge in [-0.05, 0) is 54.6 Å². The van der Waals surface area contributed by atoms with E-state index >= 15 is 0 Å². The second kappa shape index (κ2) is 9.47. The van der Waals surface area contributed by atoms with Crippen molar-refractivity contribution in [3.8, 4) is 27.7 Å². The van der Waals surface area contributed by atoms with Crippen LogP contribution in [0, 0.1) is 0 Å². The highest BCUT2D eigenvalue weighted by Crippen LogP contribution is 2.37. The second-order valence-corrected chi connectivity index (χ2v) is 8.74. The Morgan fingerprint density at radius 2 is 1.91 bits per heavy atom. The van der Waals surface area contributed by atoms with Gasteiger partial charge in [0.15, 0.2) is 12.4 Å². The number of hydrogen-bond donors (Lipinski definition) is 1. The molecule has 2 amide bonds. The zero-order valence-corrected chi connectivity index (χ0v) is 19.5. The zero-order valence-electron chi connectivity index (χ0n) is 18.7. The molecule has 1 aliphatic heterocycles. The van der Waals surface area contributed by atoms with Gasteiger partial charge >= 0.3 is 0 Å². The number of pyridine rings is 1. The third-order valence-electron chi connectivity index (χ3n) is 5.41. The van der Waals surface area contributed by atoms with E-state index in [4.69, 9.17) is 9.72 Å². The molecule has 0 bridgehead atoms. The Labute approximate surface area is 205 Å². The lowest BCUT2D eigenvalue weighted by atomic mass is 10.1. The Kier molecular flexibility index (Phi) is 6.07. The highest BCUT2D eigenvalue weighted by atomic mass is 32.1. The molecule has 174 valence electrons. The van der Waals surface area contributed by atoms with Gasteiger partial charge in [0, 0.05) is 35.3 Å². The fraction of sp³-hybridized carbons (Fsp3) is 0.115. The van der Waals surface area contributed by atoms with Crippen LogP contribution in [0.3, 0.4) is 0 Å². The topological polar surface area (TPSA) is 101 Å². The minimum absolute atomic E-state index is 0.131. The Bertz CT molecular complexity index is 1420. The van der Waals surface area contributed by atoms with Crippen LogP contribution in [-0.4, -0.2) is 40.7 Å². The first-order valence-corrected chi connectivity index (χ1v) is 11.7. The number of carbonyl (C=O) groups excluding carboxylic acids is 3. The average Bonchev–Trinajstić information content (AvgIpc) is 3.36. The molecule has 1 aliphatic rings. The summed E-state index contributed by atoms with van der Waals surface area (Å²) in [7, 11) is 0. The highest BCUT2D eigenvalue weighted by molar-refractivity contribution is 7.13. The summed E-state index contributed by atoms with van der Waals surface area (Å²) in [6.45, 7) is 1.15. The van der Waals surface area contributed by atoms with E-state index in [2.05, 4.69) is 10.3 Å². The fourth-order valence-electron chi connectivity index (χ4n) is 3.73. The lowest BCUT2D eigenvalue weighted by Crippen LogP contribution is -2.42. The van der Waals surface area contributed by atoms with E-state index in [0.717, 1.165) is 22.0 Å². The quantitative estimate of drug-likeness (QED) is 0.406. The number of ether oxygens (including phenoxy) is 1. The van der Waals surface area contributed by atoms with Crippen LogP contribution in [0.25, 0.3) is 22.0 Å². The zero-order chi connectivity index (χ0) is 24.4. The van der Waals surface area contributed by atoms with Crippen LogP contribution in [0.4, 0.5) is 11.4 Å². The monoisotopic (exact) mass is 484 g/mol. The Morgan fingerprint density at radius 1 is 1.09 bits per heavy atom. The number of carbonyl (C=O) groups is 3. The maximum atomic E-state index is 13.0. The van der Waals surface area contributed by atoms with E-state index in [0.29, 0.717) is 22.7 Å². The molecular weight excluding hydrogens is 464 g/mol. The van der Waals surface area contributed by atoms with Gasteiger partial charge in [-0.2, -0.15) is 0 Å². The smallest absolute Gasteiger partial charge is 0.265 e. The first kappa shape index (κ1) is 22.4. The van der Waals surface area contributed by atoms with Crippen molar-refractivity contribution >= 4 is 40.3 Å². The molecule has 0 fully saturated rings. The number of thiazole rings is 1. The molecule has 1 N–H and O–H groups in total. The largest absolute Gasteiger partial charge is 0.482 e. The number of benzene rings is 2. The summed E-state index contributed by atoms with van der Waals surface area (Å²) < 4.78 is 5.60. The van der Waals surface area contributed by atoms with Crippen LogP contribution < -0.4 is 15.0 Å². The van der Waals surface area contributed by atoms with Gasteiger partial charge in [0.2, 0.25) is 5.91 Å².